The predicted molar refractivity (Wildman–Crippen MR) is 96.1 cm³/mol. The van der Waals surface area contributed by atoms with Gasteiger partial charge in [0.25, 0.3) is 0 Å². The second kappa shape index (κ2) is 7.96. The van der Waals surface area contributed by atoms with Gasteiger partial charge in [-0.15, -0.1) is 0 Å². The van der Waals surface area contributed by atoms with Crippen molar-refractivity contribution in [1.82, 2.24) is 10.2 Å². The standard InChI is InChI=1S/C20H32N2O/c1-5-19(23)22-14-17(12-20(2,3)4)11-18(15-22)21-13-16-9-7-6-8-10-16/h6-10,17-18,21H,5,11-15H2,1-4H3. The highest BCUT2D eigenvalue weighted by atomic mass is 16.2. The average Bonchev–Trinajstić information content (AvgIpc) is 2.51. The van der Waals surface area contributed by atoms with E-state index in [9.17, 15) is 4.79 Å². The van der Waals surface area contributed by atoms with Crippen LogP contribution in [0.15, 0.2) is 30.3 Å². The molecule has 2 atom stereocenters. The molecule has 23 heavy (non-hydrogen) atoms. The van der Waals surface area contributed by atoms with Crippen molar-refractivity contribution in [1.29, 1.82) is 0 Å². The van der Waals surface area contributed by atoms with Crippen LogP contribution in [0.4, 0.5) is 0 Å². The lowest BCUT2D eigenvalue weighted by atomic mass is 9.80. The van der Waals surface area contributed by atoms with Gasteiger partial charge in [-0.25, -0.2) is 0 Å². The summed E-state index contributed by atoms with van der Waals surface area (Å²) in [6.07, 6.45) is 2.94. The molecule has 0 saturated carbocycles. The minimum absolute atomic E-state index is 0.287. The van der Waals surface area contributed by atoms with E-state index in [1.807, 2.05) is 13.0 Å². The van der Waals surface area contributed by atoms with E-state index in [2.05, 4.69) is 55.3 Å². The molecule has 1 amide bonds. The Balaban J connectivity index is 1.97. The number of carbonyl (C=O) groups excluding carboxylic acids is 1. The summed E-state index contributed by atoms with van der Waals surface area (Å²) in [4.78, 5) is 14.3. The fourth-order valence-corrected chi connectivity index (χ4v) is 3.65. The number of nitrogens with zero attached hydrogens (tertiary/aromatic N) is 1. The number of piperidine rings is 1. The summed E-state index contributed by atoms with van der Waals surface area (Å²) >= 11 is 0. The van der Waals surface area contributed by atoms with Crippen molar-refractivity contribution < 1.29 is 4.79 Å². The molecule has 0 aromatic heterocycles. The maximum absolute atomic E-state index is 12.2. The van der Waals surface area contributed by atoms with Crippen LogP contribution < -0.4 is 5.32 Å². The van der Waals surface area contributed by atoms with Crippen molar-refractivity contribution in [3.63, 3.8) is 0 Å². The summed E-state index contributed by atoms with van der Waals surface area (Å²) in [5.74, 6) is 0.877. The number of amides is 1. The zero-order valence-electron chi connectivity index (χ0n) is 15.1. The van der Waals surface area contributed by atoms with Gasteiger partial charge in [-0.05, 0) is 29.7 Å². The maximum Gasteiger partial charge on any atom is 0.222 e. The quantitative estimate of drug-likeness (QED) is 0.895. The molecule has 0 aliphatic carbocycles. The van der Waals surface area contributed by atoms with E-state index < -0.39 is 0 Å². The number of carbonyl (C=O) groups is 1. The molecular formula is C20H32N2O. The van der Waals surface area contributed by atoms with E-state index >= 15 is 0 Å². The molecule has 3 nitrogen and oxygen atoms in total. The highest BCUT2D eigenvalue weighted by Crippen LogP contribution is 2.30. The van der Waals surface area contributed by atoms with Gasteiger partial charge >= 0.3 is 0 Å². The van der Waals surface area contributed by atoms with Gasteiger partial charge in [-0.2, -0.15) is 0 Å². The number of hydrogen-bond donors (Lipinski definition) is 1. The fraction of sp³-hybridized carbons (Fsp3) is 0.650. The molecule has 0 radical (unpaired) electrons. The highest BCUT2D eigenvalue weighted by molar-refractivity contribution is 5.76. The van der Waals surface area contributed by atoms with Crippen molar-refractivity contribution >= 4 is 5.91 Å². The molecule has 2 unspecified atom stereocenters. The molecule has 1 aliphatic heterocycles. The van der Waals surface area contributed by atoms with Gasteiger partial charge in [0.1, 0.15) is 0 Å². The van der Waals surface area contributed by atoms with Gasteiger partial charge in [0.2, 0.25) is 5.91 Å². The molecule has 2 rings (SSSR count). The van der Waals surface area contributed by atoms with Gasteiger partial charge in [-0.3, -0.25) is 4.79 Å². The number of likely N-dealkylation sites (tertiary alicyclic amines) is 1. The topological polar surface area (TPSA) is 32.3 Å². The maximum atomic E-state index is 12.2. The monoisotopic (exact) mass is 316 g/mol. The van der Waals surface area contributed by atoms with E-state index in [0.717, 1.165) is 26.1 Å². The second-order valence-corrected chi connectivity index (χ2v) is 8.08. The van der Waals surface area contributed by atoms with E-state index in [-0.39, 0.29) is 5.91 Å². The molecule has 1 heterocycles. The van der Waals surface area contributed by atoms with Crippen LogP contribution in [-0.2, 0) is 11.3 Å². The molecule has 0 spiro atoms. The van der Waals surface area contributed by atoms with E-state index in [0.29, 0.717) is 23.8 Å². The first-order chi connectivity index (χ1) is 10.9. The van der Waals surface area contributed by atoms with E-state index in [1.54, 1.807) is 0 Å². The summed E-state index contributed by atoms with van der Waals surface area (Å²) in [6, 6.07) is 10.9. The van der Waals surface area contributed by atoms with Crippen molar-refractivity contribution in [2.75, 3.05) is 13.1 Å². The summed E-state index contributed by atoms with van der Waals surface area (Å²) in [5, 5.41) is 3.67. The molecular weight excluding hydrogens is 284 g/mol. The third-order valence-electron chi connectivity index (χ3n) is 4.53. The third-order valence-corrected chi connectivity index (χ3v) is 4.53. The fourth-order valence-electron chi connectivity index (χ4n) is 3.65. The van der Waals surface area contributed by atoms with Gasteiger partial charge in [-0.1, -0.05) is 58.0 Å². The lowest BCUT2D eigenvalue weighted by molar-refractivity contribution is -0.133. The Labute approximate surface area is 141 Å². The summed E-state index contributed by atoms with van der Waals surface area (Å²) in [6.45, 7) is 11.5. The summed E-state index contributed by atoms with van der Waals surface area (Å²) < 4.78 is 0. The molecule has 128 valence electrons. The molecule has 1 saturated heterocycles. The second-order valence-electron chi connectivity index (χ2n) is 8.08. The number of rotatable bonds is 5. The van der Waals surface area contributed by atoms with Crippen LogP contribution >= 0.6 is 0 Å². The Bertz CT molecular complexity index is 492. The van der Waals surface area contributed by atoms with Gasteiger partial charge in [0.05, 0.1) is 0 Å². The number of benzene rings is 1. The first kappa shape index (κ1) is 18.0. The first-order valence-electron chi connectivity index (χ1n) is 8.92. The molecule has 1 aromatic carbocycles. The average molecular weight is 316 g/mol. The molecule has 1 aromatic rings. The predicted octanol–water partition coefficient (Wildman–Crippen LogP) is 3.84. The largest absolute Gasteiger partial charge is 0.341 e. The van der Waals surface area contributed by atoms with Crippen LogP contribution in [-0.4, -0.2) is 29.9 Å². The number of nitrogens with one attached hydrogen (secondary N) is 1. The van der Waals surface area contributed by atoms with Crippen LogP contribution in [0.3, 0.4) is 0 Å². The van der Waals surface area contributed by atoms with E-state index in [4.69, 9.17) is 0 Å². The molecule has 1 fully saturated rings. The molecule has 3 heteroatoms. The lowest BCUT2D eigenvalue weighted by Gasteiger charge is -2.40. The van der Waals surface area contributed by atoms with Gasteiger partial charge in [0.15, 0.2) is 0 Å². The van der Waals surface area contributed by atoms with E-state index in [1.165, 1.54) is 12.0 Å². The highest BCUT2D eigenvalue weighted by Gasteiger charge is 2.31. The van der Waals surface area contributed by atoms with Crippen molar-refractivity contribution in [2.24, 2.45) is 11.3 Å². The van der Waals surface area contributed by atoms with Gasteiger partial charge < -0.3 is 10.2 Å². The Morgan fingerprint density at radius 2 is 1.91 bits per heavy atom. The SMILES string of the molecule is CCC(=O)N1CC(CC(C)(C)C)CC(NCc2ccccc2)C1. The van der Waals surface area contributed by atoms with Crippen LogP contribution in [0.2, 0.25) is 0 Å². The minimum Gasteiger partial charge on any atom is -0.341 e. The zero-order valence-corrected chi connectivity index (χ0v) is 15.1. The van der Waals surface area contributed by atoms with Crippen LogP contribution in [0.1, 0.15) is 52.5 Å². The van der Waals surface area contributed by atoms with Crippen molar-refractivity contribution in [3.8, 4) is 0 Å². The summed E-state index contributed by atoms with van der Waals surface area (Å²) in [7, 11) is 0. The third kappa shape index (κ3) is 5.98. The molecule has 1 aliphatic rings. The Kier molecular flexibility index (Phi) is 6.23. The molecule has 0 bridgehead atoms. The summed E-state index contributed by atoms with van der Waals surface area (Å²) in [5.41, 5.74) is 1.62. The normalized spacial score (nSPS) is 22.2. The number of hydrogen-bond acceptors (Lipinski definition) is 2. The van der Waals surface area contributed by atoms with Crippen molar-refractivity contribution in [3.05, 3.63) is 35.9 Å². The first-order valence-corrected chi connectivity index (χ1v) is 8.92. The van der Waals surface area contributed by atoms with Crippen LogP contribution in [0, 0.1) is 11.3 Å². The van der Waals surface area contributed by atoms with Crippen LogP contribution in [0.25, 0.3) is 0 Å². The van der Waals surface area contributed by atoms with Crippen molar-refractivity contribution in [2.45, 2.75) is 59.5 Å². The molecule has 1 N–H and O–H groups in total. The minimum atomic E-state index is 0.287. The Hall–Kier alpha value is -1.35. The smallest absolute Gasteiger partial charge is 0.222 e. The van der Waals surface area contributed by atoms with Gasteiger partial charge in [0, 0.05) is 32.1 Å². The van der Waals surface area contributed by atoms with Crippen LogP contribution in [0.5, 0.6) is 0 Å². The Morgan fingerprint density at radius 3 is 2.52 bits per heavy atom. The zero-order chi connectivity index (χ0) is 16.9. The Morgan fingerprint density at radius 1 is 1.22 bits per heavy atom. The lowest BCUT2D eigenvalue weighted by Crippen LogP contribution is -2.51.